The standard InChI is InChI=1S/C21H25ClN2O2/c1-12(16-11-23-18-4-2-3-17(22)20(16)18)5-19(25)24-14-6-13-7-15(24)10-21(26,8-13)9-14/h2-4,11-15,23,26H,5-10H2,1H3. The van der Waals surface area contributed by atoms with Gasteiger partial charge in [-0.2, -0.15) is 0 Å². The van der Waals surface area contributed by atoms with Crippen molar-refractivity contribution in [3.63, 3.8) is 0 Å². The van der Waals surface area contributed by atoms with Gasteiger partial charge in [-0.3, -0.25) is 4.79 Å². The average molecular weight is 373 g/mol. The van der Waals surface area contributed by atoms with Crippen molar-refractivity contribution in [2.75, 3.05) is 0 Å². The van der Waals surface area contributed by atoms with Crippen LogP contribution in [-0.4, -0.2) is 38.6 Å². The normalized spacial score (nSPS) is 33.8. The summed E-state index contributed by atoms with van der Waals surface area (Å²) in [7, 11) is 0. The van der Waals surface area contributed by atoms with Gasteiger partial charge in [0.1, 0.15) is 0 Å². The molecular weight excluding hydrogens is 348 g/mol. The molecule has 2 saturated carbocycles. The number of nitrogens with one attached hydrogen (secondary N) is 1. The zero-order valence-corrected chi connectivity index (χ0v) is 15.8. The number of carbonyl (C=O) groups excluding carboxylic acids is 1. The van der Waals surface area contributed by atoms with Gasteiger partial charge in [-0.1, -0.05) is 24.6 Å². The quantitative estimate of drug-likeness (QED) is 0.847. The topological polar surface area (TPSA) is 56.3 Å². The second kappa shape index (κ2) is 5.74. The van der Waals surface area contributed by atoms with Gasteiger partial charge >= 0.3 is 0 Å². The lowest BCUT2D eigenvalue weighted by molar-refractivity contribution is -0.174. The van der Waals surface area contributed by atoms with Crippen LogP contribution < -0.4 is 0 Å². The third-order valence-electron chi connectivity index (χ3n) is 6.88. The molecule has 2 saturated heterocycles. The van der Waals surface area contributed by atoms with E-state index >= 15 is 0 Å². The lowest BCUT2D eigenvalue weighted by Gasteiger charge is -2.59. The first-order valence-corrected chi connectivity index (χ1v) is 10.1. The molecule has 4 bridgehead atoms. The van der Waals surface area contributed by atoms with Crippen molar-refractivity contribution in [1.29, 1.82) is 0 Å². The van der Waals surface area contributed by atoms with E-state index in [2.05, 4.69) is 16.8 Å². The molecule has 138 valence electrons. The number of fused-ring (bicyclic) bond motifs is 1. The van der Waals surface area contributed by atoms with Crippen LogP contribution in [-0.2, 0) is 4.79 Å². The summed E-state index contributed by atoms with van der Waals surface area (Å²) < 4.78 is 0. The zero-order valence-electron chi connectivity index (χ0n) is 15.0. The summed E-state index contributed by atoms with van der Waals surface area (Å²) in [5, 5.41) is 12.5. The average Bonchev–Trinajstić information content (AvgIpc) is 2.98. The Morgan fingerprint density at radius 2 is 2.08 bits per heavy atom. The monoisotopic (exact) mass is 372 g/mol. The van der Waals surface area contributed by atoms with Crippen LogP contribution in [0.1, 0.15) is 56.9 Å². The van der Waals surface area contributed by atoms with Crippen LogP contribution in [0.2, 0.25) is 5.02 Å². The predicted molar refractivity (Wildman–Crippen MR) is 102 cm³/mol. The fourth-order valence-electron chi connectivity index (χ4n) is 6.02. The van der Waals surface area contributed by atoms with Gasteiger partial charge < -0.3 is 15.0 Å². The molecule has 0 radical (unpaired) electrons. The Kier molecular flexibility index (Phi) is 3.67. The SMILES string of the molecule is CC(CC(=O)N1C2CC3CC1CC(O)(C3)C2)c1c[nH]c2cccc(Cl)c12. The summed E-state index contributed by atoms with van der Waals surface area (Å²) in [5.41, 5.74) is 1.62. The van der Waals surface area contributed by atoms with Gasteiger partial charge in [-0.05, 0) is 61.6 Å². The van der Waals surface area contributed by atoms with Gasteiger partial charge in [-0.15, -0.1) is 0 Å². The van der Waals surface area contributed by atoms with E-state index in [1.807, 2.05) is 24.4 Å². The Hall–Kier alpha value is -1.52. The minimum absolute atomic E-state index is 0.108. The molecule has 4 fully saturated rings. The molecule has 3 unspecified atom stereocenters. The van der Waals surface area contributed by atoms with E-state index in [0.29, 0.717) is 12.3 Å². The van der Waals surface area contributed by atoms with Crippen molar-refractivity contribution in [2.45, 2.75) is 69.1 Å². The maximum Gasteiger partial charge on any atom is 0.223 e. The van der Waals surface area contributed by atoms with Crippen molar-refractivity contribution in [1.82, 2.24) is 9.88 Å². The van der Waals surface area contributed by atoms with Crippen molar-refractivity contribution >= 4 is 28.4 Å². The number of piperidine rings is 2. The summed E-state index contributed by atoms with van der Waals surface area (Å²) >= 11 is 6.40. The molecule has 1 aromatic heterocycles. The maximum atomic E-state index is 13.2. The molecule has 26 heavy (non-hydrogen) atoms. The first kappa shape index (κ1) is 16.6. The summed E-state index contributed by atoms with van der Waals surface area (Å²) in [6.07, 6.45) is 7.08. The Bertz CT molecular complexity index is 860. The van der Waals surface area contributed by atoms with Crippen LogP contribution in [0.3, 0.4) is 0 Å². The molecule has 1 amide bonds. The number of aliphatic hydroxyl groups is 1. The van der Waals surface area contributed by atoms with Crippen LogP contribution in [0.4, 0.5) is 0 Å². The molecule has 5 heteroatoms. The highest BCUT2D eigenvalue weighted by Gasteiger charge is 2.54. The molecule has 2 aromatic rings. The van der Waals surface area contributed by atoms with E-state index in [1.165, 1.54) is 0 Å². The molecule has 1 aromatic carbocycles. The number of nitrogens with zero attached hydrogens (tertiary/aromatic N) is 1. The first-order valence-electron chi connectivity index (χ1n) is 9.72. The Balaban J connectivity index is 1.37. The minimum atomic E-state index is -0.511. The minimum Gasteiger partial charge on any atom is -0.390 e. The second-order valence-electron chi connectivity index (χ2n) is 8.79. The van der Waals surface area contributed by atoms with Gasteiger partial charge in [0.25, 0.3) is 0 Å². The van der Waals surface area contributed by atoms with Crippen LogP contribution in [0.25, 0.3) is 10.9 Å². The van der Waals surface area contributed by atoms with E-state index in [-0.39, 0.29) is 23.9 Å². The lowest BCUT2D eigenvalue weighted by atomic mass is 9.61. The predicted octanol–water partition coefficient (Wildman–Crippen LogP) is 4.22. The first-order chi connectivity index (χ1) is 12.4. The van der Waals surface area contributed by atoms with Crippen molar-refractivity contribution in [3.05, 3.63) is 35.0 Å². The van der Waals surface area contributed by atoms with Gasteiger partial charge in [0.15, 0.2) is 0 Å². The number of H-pyrrole nitrogens is 1. The number of aromatic nitrogens is 1. The molecule has 2 N–H and O–H groups in total. The van der Waals surface area contributed by atoms with Gasteiger partial charge in [0.05, 0.1) is 10.6 Å². The van der Waals surface area contributed by atoms with Gasteiger partial charge in [-0.25, -0.2) is 0 Å². The second-order valence-corrected chi connectivity index (χ2v) is 9.20. The smallest absolute Gasteiger partial charge is 0.223 e. The van der Waals surface area contributed by atoms with E-state index in [9.17, 15) is 9.90 Å². The van der Waals surface area contributed by atoms with E-state index in [4.69, 9.17) is 11.6 Å². The summed E-state index contributed by atoms with van der Waals surface area (Å²) in [4.78, 5) is 18.6. The van der Waals surface area contributed by atoms with E-state index < -0.39 is 5.60 Å². The summed E-state index contributed by atoms with van der Waals surface area (Å²) in [6.45, 7) is 2.11. The number of hydrogen-bond donors (Lipinski definition) is 2. The van der Waals surface area contributed by atoms with Crippen LogP contribution >= 0.6 is 11.6 Å². The fraction of sp³-hybridized carbons (Fsp3) is 0.571. The van der Waals surface area contributed by atoms with E-state index in [1.54, 1.807) is 0 Å². The van der Waals surface area contributed by atoms with E-state index in [0.717, 1.165) is 53.6 Å². The highest BCUT2D eigenvalue weighted by molar-refractivity contribution is 6.35. The Morgan fingerprint density at radius 3 is 2.77 bits per heavy atom. The third kappa shape index (κ3) is 2.49. The molecule has 4 nitrogen and oxygen atoms in total. The number of carbonyl (C=O) groups is 1. The summed E-state index contributed by atoms with van der Waals surface area (Å²) in [5.74, 6) is 0.944. The molecule has 2 aliphatic heterocycles. The number of hydrogen-bond acceptors (Lipinski definition) is 2. The third-order valence-corrected chi connectivity index (χ3v) is 7.20. The number of amides is 1. The zero-order chi connectivity index (χ0) is 18.1. The maximum absolute atomic E-state index is 13.2. The number of rotatable bonds is 3. The van der Waals surface area contributed by atoms with Gasteiger partial charge in [0, 0.05) is 35.6 Å². The number of benzene rings is 1. The number of halogens is 1. The molecule has 0 spiro atoms. The fourth-order valence-corrected chi connectivity index (χ4v) is 6.31. The highest BCUT2D eigenvalue weighted by Crippen LogP contribution is 2.51. The molecule has 3 heterocycles. The Labute approximate surface area is 158 Å². The summed E-state index contributed by atoms with van der Waals surface area (Å²) in [6, 6.07) is 6.32. The van der Waals surface area contributed by atoms with Crippen LogP contribution in [0.15, 0.2) is 24.4 Å². The number of aromatic amines is 1. The molecular formula is C21H25ClN2O2. The van der Waals surface area contributed by atoms with Crippen LogP contribution in [0, 0.1) is 5.92 Å². The largest absolute Gasteiger partial charge is 0.390 e. The Morgan fingerprint density at radius 1 is 1.35 bits per heavy atom. The molecule has 4 aliphatic rings. The van der Waals surface area contributed by atoms with Gasteiger partial charge in [0.2, 0.25) is 5.91 Å². The van der Waals surface area contributed by atoms with Crippen molar-refractivity contribution in [2.24, 2.45) is 5.92 Å². The van der Waals surface area contributed by atoms with Crippen LogP contribution in [0.5, 0.6) is 0 Å². The van der Waals surface area contributed by atoms with Crippen molar-refractivity contribution < 1.29 is 9.90 Å². The molecule has 6 rings (SSSR count). The molecule has 2 aliphatic carbocycles. The van der Waals surface area contributed by atoms with Crippen molar-refractivity contribution in [3.8, 4) is 0 Å². The lowest BCUT2D eigenvalue weighted by Crippen LogP contribution is -2.65. The molecule has 3 atom stereocenters. The highest BCUT2D eigenvalue weighted by atomic mass is 35.5.